The van der Waals surface area contributed by atoms with Gasteiger partial charge in [-0.05, 0) is 6.92 Å². The van der Waals surface area contributed by atoms with Crippen molar-refractivity contribution in [2.24, 2.45) is 0 Å². The fourth-order valence-corrected chi connectivity index (χ4v) is 2.86. The fourth-order valence-electron chi connectivity index (χ4n) is 1.77. The lowest BCUT2D eigenvalue weighted by Gasteiger charge is -2.31. The van der Waals surface area contributed by atoms with E-state index in [4.69, 9.17) is 4.74 Å². The molecule has 1 aliphatic heterocycles. The molecule has 102 valence electrons. The molecule has 8 heteroatoms. The Labute approximate surface area is 106 Å². The minimum Gasteiger partial charge on any atom is -0.388 e. The van der Waals surface area contributed by atoms with Crippen molar-refractivity contribution in [1.82, 2.24) is 14.7 Å². The van der Waals surface area contributed by atoms with Crippen LogP contribution in [0.1, 0.15) is 18.7 Å². The van der Waals surface area contributed by atoms with Crippen molar-refractivity contribution in [3.8, 4) is 0 Å². The number of hydrogen-bond donors (Lipinski definition) is 3. The van der Waals surface area contributed by atoms with E-state index in [9.17, 15) is 13.5 Å². The van der Waals surface area contributed by atoms with E-state index in [2.05, 4.69) is 14.7 Å². The molecule has 0 aliphatic carbocycles. The average molecular weight is 275 g/mol. The molecule has 1 fully saturated rings. The molecular formula is C10H17N3O4S. The predicted octanol–water partition coefficient (Wildman–Crippen LogP) is -0.462. The lowest BCUT2D eigenvalue weighted by atomic mass is 9.95. The Hall–Kier alpha value is -0.960. The van der Waals surface area contributed by atoms with Gasteiger partial charge in [0, 0.05) is 32.6 Å². The van der Waals surface area contributed by atoms with E-state index >= 15 is 0 Å². The Morgan fingerprint density at radius 3 is 2.78 bits per heavy atom. The fraction of sp³-hybridized carbons (Fsp3) is 0.700. The number of sulfonamides is 1. The summed E-state index contributed by atoms with van der Waals surface area (Å²) in [6.45, 7) is 2.55. The average Bonchev–Trinajstić information content (AvgIpc) is 2.76. The third-order valence-electron chi connectivity index (χ3n) is 2.98. The largest absolute Gasteiger partial charge is 0.388 e. The number of nitrogens with one attached hydrogen (secondary N) is 2. The molecule has 0 atom stereocenters. The van der Waals surface area contributed by atoms with Crippen LogP contribution >= 0.6 is 0 Å². The Bertz CT molecular complexity index is 505. The van der Waals surface area contributed by atoms with Crippen LogP contribution in [0.4, 0.5) is 0 Å². The molecule has 0 spiro atoms. The van der Waals surface area contributed by atoms with Crippen LogP contribution in [0.3, 0.4) is 0 Å². The second-order valence-corrected chi connectivity index (χ2v) is 6.23. The summed E-state index contributed by atoms with van der Waals surface area (Å²) < 4.78 is 31.3. The number of H-pyrrole nitrogens is 1. The highest BCUT2D eigenvalue weighted by Gasteiger charge is 2.31. The monoisotopic (exact) mass is 275 g/mol. The molecule has 0 amide bonds. The van der Waals surface area contributed by atoms with Crippen LogP contribution in [-0.4, -0.2) is 48.9 Å². The van der Waals surface area contributed by atoms with Gasteiger partial charge in [-0.1, -0.05) is 0 Å². The number of imidazole rings is 1. The van der Waals surface area contributed by atoms with Crippen molar-refractivity contribution in [3.05, 3.63) is 12.0 Å². The zero-order chi connectivity index (χ0) is 13.2. The molecule has 0 bridgehead atoms. The molecule has 0 unspecified atom stereocenters. The standard InChI is InChI=1S/C10H17N3O4S/c1-8-11-6-9(13-8)18(15,16)12-7-10(14)2-4-17-5-3-10/h6,12,14H,2-5,7H2,1H3,(H,11,13). The van der Waals surface area contributed by atoms with Crippen LogP contribution in [0.5, 0.6) is 0 Å². The van der Waals surface area contributed by atoms with Crippen LogP contribution in [0, 0.1) is 6.92 Å². The second kappa shape index (κ2) is 4.96. The topological polar surface area (TPSA) is 104 Å². The van der Waals surface area contributed by atoms with Gasteiger partial charge in [0.15, 0.2) is 5.03 Å². The molecule has 0 saturated carbocycles. The highest BCUT2D eigenvalue weighted by molar-refractivity contribution is 7.89. The minimum atomic E-state index is -3.65. The van der Waals surface area contributed by atoms with Gasteiger partial charge in [0.25, 0.3) is 10.0 Å². The summed E-state index contributed by atoms with van der Waals surface area (Å²) in [6.07, 6.45) is 2.11. The first-order valence-corrected chi connectivity index (χ1v) is 7.21. The molecule has 18 heavy (non-hydrogen) atoms. The van der Waals surface area contributed by atoms with E-state index in [-0.39, 0.29) is 11.6 Å². The number of aromatic nitrogens is 2. The Morgan fingerprint density at radius 1 is 1.56 bits per heavy atom. The first-order chi connectivity index (χ1) is 8.41. The second-order valence-electron chi connectivity index (χ2n) is 4.49. The number of rotatable bonds is 4. The molecule has 0 aromatic carbocycles. The molecule has 2 heterocycles. The van der Waals surface area contributed by atoms with E-state index < -0.39 is 15.6 Å². The zero-order valence-electron chi connectivity index (χ0n) is 10.1. The van der Waals surface area contributed by atoms with Gasteiger partial charge in [0.05, 0.1) is 11.8 Å². The van der Waals surface area contributed by atoms with Crippen molar-refractivity contribution < 1.29 is 18.3 Å². The van der Waals surface area contributed by atoms with Crippen molar-refractivity contribution >= 4 is 10.0 Å². The molecule has 1 aromatic heterocycles. The first kappa shape index (κ1) is 13.5. The predicted molar refractivity (Wildman–Crippen MR) is 63.5 cm³/mol. The number of aromatic amines is 1. The molecule has 1 aliphatic rings. The maximum atomic E-state index is 11.9. The molecule has 2 rings (SSSR count). The quantitative estimate of drug-likeness (QED) is 0.689. The SMILES string of the molecule is Cc1ncc(S(=O)(=O)NCC2(O)CCOCC2)[nH]1. The molecule has 7 nitrogen and oxygen atoms in total. The van der Waals surface area contributed by atoms with E-state index in [1.165, 1.54) is 6.20 Å². The van der Waals surface area contributed by atoms with Gasteiger partial charge >= 0.3 is 0 Å². The van der Waals surface area contributed by atoms with Gasteiger partial charge in [0.2, 0.25) is 0 Å². The Kier molecular flexibility index (Phi) is 3.71. The molecule has 1 aromatic rings. The van der Waals surface area contributed by atoms with Gasteiger partial charge in [-0.3, -0.25) is 0 Å². The minimum absolute atomic E-state index is 0.00987. The summed E-state index contributed by atoms with van der Waals surface area (Å²) in [4.78, 5) is 6.49. The number of nitrogens with zero attached hydrogens (tertiary/aromatic N) is 1. The van der Waals surface area contributed by atoms with Crippen molar-refractivity contribution in [2.75, 3.05) is 19.8 Å². The highest BCUT2D eigenvalue weighted by Crippen LogP contribution is 2.20. The van der Waals surface area contributed by atoms with E-state index in [1.54, 1.807) is 6.92 Å². The third kappa shape index (κ3) is 3.08. The highest BCUT2D eigenvalue weighted by atomic mass is 32.2. The zero-order valence-corrected chi connectivity index (χ0v) is 11.0. The van der Waals surface area contributed by atoms with Crippen LogP contribution < -0.4 is 4.72 Å². The van der Waals surface area contributed by atoms with Gasteiger partial charge in [-0.25, -0.2) is 18.1 Å². The maximum absolute atomic E-state index is 11.9. The summed E-state index contributed by atoms with van der Waals surface area (Å²) in [5, 5.41) is 10.2. The molecule has 3 N–H and O–H groups in total. The third-order valence-corrected chi connectivity index (χ3v) is 4.29. The maximum Gasteiger partial charge on any atom is 0.257 e. The number of ether oxygens (including phenoxy) is 1. The van der Waals surface area contributed by atoms with E-state index in [0.29, 0.717) is 31.9 Å². The first-order valence-electron chi connectivity index (χ1n) is 5.73. The molecular weight excluding hydrogens is 258 g/mol. The van der Waals surface area contributed by atoms with Gasteiger partial charge in [-0.15, -0.1) is 0 Å². The van der Waals surface area contributed by atoms with Gasteiger partial charge in [0.1, 0.15) is 5.82 Å². The van der Waals surface area contributed by atoms with Crippen LogP contribution in [0.25, 0.3) is 0 Å². The number of aliphatic hydroxyl groups is 1. The number of aryl methyl sites for hydroxylation is 1. The van der Waals surface area contributed by atoms with Crippen LogP contribution in [-0.2, 0) is 14.8 Å². The van der Waals surface area contributed by atoms with E-state index in [1.807, 2.05) is 0 Å². The molecule has 0 radical (unpaired) electrons. The summed E-state index contributed by atoms with van der Waals surface area (Å²) in [7, 11) is -3.65. The van der Waals surface area contributed by atoms with Crippen molar-refractivity contribution in [1.29, 1.82) is 0 Å². The Balaban J connectivity index is 2.01. The summed E-state index contributed by atoms with van der Waals surface area (Å²) in [6, 6.07) is 0. The van der Waals surface area contributed by atoms with E-state index in [0.717, 1.165) is 0 Å². The summed E-state index contributed by atoms with van der Waals surface area (Å²) in [5.41, 5.74) is -1.03. The summed E-state index contributed by atoms with van der Waals surface area (Å²) >= 11 is 0. The van der Waals surface area contributed by atoms with Crippen molar-refractivity contribution in [3.63, 3.8) is 0 Å². The molecule has 1 saturated heterocycles. The van der Waals surface area contributed by atoms with Crippen LogP contribution in [0.15, 0.2) is 11.2 Å². The smallest absolute Gasteiger partial charge is 0.257 e. The van der Waals surface area contributed by atoms with Gasteiger partial charge < -0.3 is 14.8 Å². The Morgan fingerprint density at radius 2 is 2.22 bits per heavy atom. The van der Waals surface area contributed by atoms with Crippen molar-refractivity contribution in [2.45, 2.75) is 30.4 Å². The normalized spacial score (nSPS) is 19.9. The lowest BCUT2D eigenvalue weighted by molar-refractivity contribution is -0.0588. The number of hydrogen-bond acceptors (Lipinski definition) is 5. The van der Waals surface area contributed by atoms with Gasteiger partial charge in [-0.2, -0.15) is 0 Å². The van der Waals surface area contributed by atoms with Crippen LogP contribution in [0.2, 0.25) is 0 Å². The lowest BCUT2D eigenvalue weighted by Crippen LogP contribution is -2.46. The summed E-state index contributed by atoms with van der Waals surface area (Å²) in [5.74, 6) is 0.528.